The van der Waals surface area contributed by atoms with Gasteiger partial charge in [0.25, 0.3) is 0 Å². The molecule has 0 aliphatic heterocycles. The molecule has 0 heterocycles. The molecule has 0 fully saturated rings. The molecule has 1 atom stereocenters. The van der Waals surface area contributed by atoms with Gasteiger partial charge in [-0.05, 0) is 24.1 Å². The Morgan fingerprint density at radius 2 is 2.00 bits per heavy atom. The normalized spacial score (nSPS) is 12.5. The Morgan fingerprint density at radius 1 is 1.46 bits per heavy atom. The maximum absolute atomic E-state index is 10.7. The molecular formula is C9H11NO2S. The molecule has 1 unspecified atom stereocenters. The fraction of sp³-hybridized carbons (Fsp3) is 0.222. The fourth-order valence-electron chi connectivity index (χ4n) is 0.973. The van der Waals surface area contributed by atoms with Crippen LogP contribution in [0.15, 0.2) is 24.3 Å². The van der Waals surface area contributed by atoms with Gasteiger partial charge < -0.3 is 10.8 Å². The third-order valence-corrected chi connectivity index (χ3v) is 2.04. The van der Waals surface area contributed by atoms with Crippen LogP contribution < -0.4 is 5.73 Å². The summed E-state index contributed by atoms with van der Waals surface area (Å²) in [4.78, 5) is 10.7. The number of thiol groups is 1. The van der Waals surface area contributed by atoms with E-state index in [9.17, 15) is 4.79 Å². The van der Waals surface area contributed by atoms with Gasteiger partial charge in [-0.3, -0.25) is 4.79 Å². The Kier molecular flexibility index (Phi) is 3.33. The first-order valence-corrected chi connectivity index (χ1v) is 4.30. The number of aromatic hydroxyl groups is 1. The van der Waals surface area contributed by atoms with Gasteiger partial charge in [-0.15, -0.1) is 12.6 Å². The third kappa shape index (κ3) is 3.08. The smallest absolute Gasteiger partial charge is 0.202 e. The molecule has 0 aliphatic carbocycles. The Labute approximate surface area is 82.0 Å². The topological polar surface area (TPSA) is 63.3 Å². The molecule has 70 valence electrons. The lowest BCUT2D eigenvalue weighted by Crippen LogP contribution is -2.29. The molecule has 0 aliphatic rings. The van der Waals surface area contributed by atoms with Crippen molar-refractivity contribution in [2.24, 2.45) is 5.73 Å². The number of carbonyl (C=O) groups excluding carboxylic acids is 1. The zero-order chi connectivity index (χ0) is 9.84. The highest BCUT2D eigenvalue weighted by molar-refractivity contribution is 7.96. The summed E-state index contributed by atoms with van der Waals surface area (Å²) >= 11 is 3.63. The summed E-state index contributed by atoms with van der Waals surface area (Å²) in [5.74, 6) is 0.203. The van der Waals surface area contributed by atoms with E-state index in [0.717, 1.165) is 5.56 Å². The van der Waals surface area contributed by atoms with E-state index >= 15 is 0 Å². The van der Waals surface area contributed by atoms with Gasteiger partial charge in [0.05, 0.1) is 6.04 Å². The first kappa shape index (κ1) is 10.1. The summed E-state index contributed by atoms with van der Waals surface area (Å²) in [6, 6.07) is 6.00. The SMILES string of the molecule is NC(Cc1ccc(O)cc1)C(=O)S. The van der Waals surface area contributed by atoms with Crippen molar-refractivity contribution in [3.63, 3.8) is 0 Å². The van der Waals surface area contributed by atoms with Crippen LogP contribution in [0.4, 0.5) is 0 Å². The molecule has 0 spiro atoms. The number of phenols is 1. The lowest BCUT2D eigenvalue weighted by molar-refractivity contribution is -0.111. The first-order valence-electron chi connectivity index (χ1n) is 3.86. The minimum absolute atomic E-state index is 0.203. The van der Waals surface area contributed by atoms with Crippen LogP contribution in [0.2, 0.25) is 0 Å². The maximum Gasteiger partial charge on any atom is 0.202 e. The standard InChI is InChI=1S/C9H11NO2S/c10-8(9(12)13)5-6-1-3-7(11)4-2-6/h1-4,8,11H,5,10H2,(H,12,13). The monoisotopic (exact) mass is 197 g/mol. The molecule has 0 aromatic heterocycles. The van der Waals surface area contributed by atoms with Crippen LogP contribution in [0.5, 0.6) is 5.75 Å². The van der Waals surface area contributed by atoms with E-state index in [-0.39, 0.29) is 10.9 Å². The summed E-state index contributed by atoms with van der Waals surface area (Å²) in [5.41, 5.74) is 6.41. The van der Waals surface area contributed by atoms with Gasteiger partial charge in [0.2, 0.25) is 5.12 Å². The lowest BCUT2D eigenvalue weighted by atomic mass is 10.1. The van der Waals surface area contributed by atoms with E-state index in [2.05, 4.69) is 12.6 Å². The highest BCUT2D eigenvalue weighted by Gasteiger charge is 2.09. The van der Waals surface area contributed by atoms with Crippen molar-refractivity contribution in [3.8, 4) is 5.75 Å². The van der Waals surface area contributed by atoms with Gasteiger partial charge in [-0.25, -0.2) is 0 Å². The third-order valence-electron chi connectivity index (χ3n) is 1.71. The predicted octanol–water partition coefficient (Wildman–Crippen LogP) is 0.718. The summed E-state index contributed by atoms with van der Waals surface area (Å²) in [5, 5.41) is 8.66. The summed E-state index contributed by atoms with van der Waals surface area (Å²) in [7, 11) is 0. The number of hydrogen-bond donors (Lipinski definition) is 3. The van der Waals surface area contributed by atoms with Gasteiger partial charge in [0, 0.05) is 0 Å². The van der Waals surface area contributed by atoms with Crippen molar-refractivity contribution in [2.75, 3.05) is 0 Å². The zero-order valence-corrected chi connectivity index (χ0v) is 7.87. The number of benzene rings is 1. The van der Waals surface area contributed by atoms with Crippen molar-refractivity contribution in [3.05, 3.63) is 29.8 Å². The fourth-order valence-corrected chi connectivity index (χ4v) is 1.06. The second-order valence-corrected chi connectivity index (χ2v) is 3.26. The van der Waals surface area contributed by atoms with Crippen molar-refractivity contribution < 1.29 is 9.90 Å². The van der Waals surface area contributed by atoms with Gasteiger partial charge >= 0.3 is 0 Å². The maximum atomic E-state index is 10.7. The Bertz CT molecular complexity index is 297. The van der Waals surface area contributed by atoms with Crippen LogP contribution >= 0.6 is 12.6 Å². The molecule has 0 saturated carbocycles. The molecule has 13 heavy (non-hydrogen) atoms. The molecular weight excluding hydrogens is 186 g/mol. The van der Waals surface area contributed by atoms with Crippen LogP contribution in [0.3, 0.4) is 0 Å². The molecule has 1 rings (SSSR count). The highest BCUT2D eigenvalue weighted by Crippen LogP contribution is 2.11. The lowest BCUT2D eigenvalue weighted by Gasteiger charge is -2.06. The number of hydrogen-bond acceptors (Lipinski definition) is 3. The minimum Gasteiger partial charge on any atom is -0.508 e. The number of nitrogens with two attached hydrogens (primary N) is 1. The van der Waals surface area contributed by atoms with E-state index in [1.807, 2.05) is 0 Å². The quantitative estimate of drug-likeness (QED) is 0.626. The zero-order valence-electron chi connectivity index (χ0n) is 6.97. The van der Waals surface area contributed by atoms with Crippen molar-refractivity contribution in [1.29, 1.82) is 0 Å². The van der Waals surface area contributed by atoms with E-state index < -0.39 is 6.04 Å². The molecule has 0 amide bonds. The highest BCUT2D eigenvalue weighted by atomic mass is 32.1. The summed E-state index contributed by atoms with van der Waals surface area (Å²) < 4.78 is 0. The van der Waals surface area contributed by atoms with E-state index in [1.54, 1.807) is 24.3 Å². The van der Waals surface area contributed by atoms with Crippen molar-refractivity contribution >= 4 is 17.7 Å². The van der Waals surface area contributed by atoms with Gasteiger partial charge in [-0.1, -0.05) is 12.1 Å². The average molecular weight is 197 g/mol. The van der Waals surface area contributed by atoms with Crippen molar-refractivity contribution in [2.45, 2.75) is 12.5 Å². The largest absolute Gasteiger partial charge is 0.508 e. The average Bonchev–Trinajstić information content (AvgIpc) is 2.08. The second-order valence-electron chi connectivity index (χ2n) is 2.82. The summed E-state index contributed by atoms with van der Waals surface area (Å²) in [6.07, 6.45) is 0.447. The van der Waals surface area contributed by atoms with Crippen LogP contribution in [0.1, 0.15) is 5.56 Å². The molecule has 0 bridgehead atoms. The van der Waals surface area contributed by atoms with E-state index in [0.29, 0.717) is 6.42 Å². The molecule has 4 heteroatoms. The van der Waals surface area contributed by atoms with Crippen LogP contribution in [0, 0.1) is 0 Å². The van der Waals surface area contributed by atoms with Gasteiger partial charge in [0.15, 0.2) is 0 Å². The Morgan fingerprint density at radius 3 is 2.46 bits per heavy atom. The molecule has 1 aromatic rings. The van der Waals surface area contributed by atoms with Gasteiger partial charge in [0.1, 0.15) is 5.75 Å². The van der Waals surface area contributed by atoms with Crippen LogP contribution in [-0.2, 0) is 11.2 Å². The molecule has 3 N–H and O–H groups in total. The number of phenolic OH excluding ortho intramolecular Hbond substituents is 1. The minimum atomic E-state index is -0.576. The number of rotatable bonds is 3. The Balaban J connectivity index is 2.64. The molecule has 0 saturated heterocycles. The summed E-state index contributed by atoms with van der Waals surface area (Å²) in [6.45, 7) is 0. The predicted molar refractivity (Wildman–Crippen MR) is 53.8 cm³/mol. The Hall–Kier alpha value is -1.000. The first-order chi connectivity index (χ1) is 6.09. The van der Waals surface area contributed by atoms with Crippen LogP contribution in [-0.4, -0.2) is 16.3 Å². The molecule has 3 nitrogen and oxygen atoms in total. The molecule has 0 radical (unpaired) electrons. The second kappa shape index (κ2) is 4.30. The van der Waals surface area contributed by atoms with E-state index in [4.69, 9.17) is 10.8 Å². The number of carbonyl (C=O) groups is 1. The molecule has 1 aromatic carbocycles. The van der Waals surface area contributed by atoms with Crippen LogP contribution in [0.25, 0.3) is 0 Å². The van der Waals surface area contributed by atoms with Gasteiger partial charge in [-0.2, -0.15) is 0 Å². The van der Waals surface area contributed by atoms with E-state index in [1.165, 1.54) is 0 Å². The van der Waals surface area contributed by atoms with Crippen molar-refractivity contribution in [1.82, 2.24) is 0 Å².